The number of nitrogens with zero attached hydrogens (tertiary/aromatic N) is 3. The SMILES string of the molecule is C[C@H](CN(C)C(=O)CO)Oc1cccc2ncnc(Nc3ccc(O)c(Cl)c3)c12. The number of ether oxygens (including phenoxy) is 1. The van der Waals surface area contributed by atoms with Gasteiger partial charge in [0.25, 0.3) is 0 Å². The first kappa shape index (κ1) is 20.6. The molecule has 3 rings (SSSR count). The number of likely N-dealkylation sites (N-methyl/N-ethyl adjacent to an activating group) is 1. The first-order valence-electron chi connectivity index (χ1n) is 8.89. The van der Waals surface area contributed by atoms with Crippen LogP contribution in [0.3, 0.4) is 0 Å². The molecule has 29 heavy (non-hydrogen) atoms. The molecule has 0 bridgehead atoms. The maximum Gasteiger partial charge on any atom is 0.248 e. The lowest BCUT2D eigenvalue weighted by molar-refractivity contribution is -0.133. The molecule has 0 saturated carbocycles. The highest BCUT2D eigenvalue weighted by Crippen LogP contribution is 2.33. The van der Waals surface area contributed by atoms with Crippen LogP contribution in [0, 0.1) is 0 Å². The van der Waals surface area contributed by atoms with E-state index in [-0.39, 0.29) is 22.8 Å². The van der Waals surface area contributed by atoms with Gasteiger partial charge in [0.15, 0.2) is 0 Å². The van der Waals surface area contributed by atoms with Crippen molar-refractivity contribution in [1.82, 2.24) is 14.9 Å². The maximum absolute atomic E-state index is 11.6. The first-order valence-corrected chi connectivity index (χ1v) is 9.27. The number of fused-ring (bicyclic) bond motifs is 1. The number of hydrogen-bond donors (Lipinski definition) is 3. The number of aliphatic hydroxyl groups excluding tert-OH is 1. The van der Waals surface area contributed by atoms with Crippen molar-refractivity contribution in [3.05, 3.63) is 47.7 Å². The molecule has 0 saturated heterocycles. The summed E-state index contributed by atoms with van der Waals surface area (Å²) in [6.07, 6.45) is 1.10. The van der Waals surface area contributed by atoms with Crippen LogP contribution in [0.1, 0.15) is 6.92 Å². The highest BCUT2D eigenvalue weighted by atomic mass is 35.5. The molecular formula is C20H21ClN4O4. The zero-order valence-corrected chi connectivity index (χ0v) is 16.7. The number of anilines is 2. The van der Waals surface area contributed by atoms with Gasteiger partial charge < -0.3 is 25.2 Å². The van der Waals surface area contributed by atoms with Crippen LogP contribution in [0.25, 0.3) is 10.9 Å². The van der Waals surface area contributed by atoms with Crippen LogP contribution in [-0.2, 0) is 4.79 Å². The summed E-state index contributed by atoms with van der Waals surface area (Å²) in [5.74, 6) is 0.671. The Morgan fingerprint density at radius 1 is 1.31 bits per heavy atom. The van der Waals surface area contributed by atoms with Crippen LogP contribution < -0.4 is 10.1 Å². The van der Waals surface area contributed by atoms with Crippen molar-refractivity contribution in [3.8, 4) is 11.5 Å². The summed E-state index contributed by atoms with van der Waals surface area (Å²) in [7, 11) is 1.60. The Morgan fingerprint density at radius 3 is 2.83 bits per heavy atom. The van der Waals surface area contributed by atoms with Crippen molar-refractivity contribution in [3.63, 3.8) is 0 Å². The molecule has 0 aliphatic heterocycles. The highest BCUT2D eigenvalue weighted by Gasteiger charge is 2.16. The molecule has 3 N–H and O–H groups in total. The average Bonchev–Trinajstić information content (AvgIpc) is 2.70. The Labute approximate surface area is 172 Å². The number of aliphatic hydroxyl groups is 1. The van der Waals surface area contributed by atoms with Crippen molar-refractivity contribution >= 4 is 39.9 Å². The number of nitrogens with one attached hydrogen (secondary N) is 1. The van der Waals surface area contributed by atoms with E-state index in [1.807, 2.05) is 19.1 Å². The van der Waals surface area contributed by atoms with Crippen LogP contribution in [-0.4, -0.2) is 57.3 Å². The van der Waals surface area contributed by atoms with Crippen LogP contribution in [0.4, 0.5) is 11.5 Å². The molecule has 1 atom stereocenters. The predicted molar refractivity (Wildman–Crippen MR) is 111 cm³/mol. The van der Waals surface area contributed by atoms with Gasteiger partial charge in [-0.05, 0) is 37.3 Å². The standard InChI is InChI=1S/C20H21ClN4O4/c1-12(9-25(2)18(28)10-26)29-17-5-3-4-15-19(17)20(23-11-22-15)24-13-6-7-16(27)14(21)8-13/h3-8,11-12,26-27H,9-10H2,1-2H3,(H,22,23,24)/t12-/m1/s1. The molecule has 8 nitrogen and oxygen atoms in total. The van der Waals surface area contributed by atoms with Crippen molar-refractivity contribution in [1.29, 1.82) is 0 Å². The minimum atomic E-state index is -0.547. The van der Waals surface area contributed by atoms with Gasteiger partial charge in [0.2, 0.25) is 5.91 Å². The quantitative estimate of drug-likeness (QED) is 0.508. The third-order valence-electron chi connectivity index (χ3n) is 4.26. The number of hydrogen-bond acceptors (Lipinski definition) is 7. The van der Waals surface area contributed by atoms with E-state index in [0.29, 0.717) is 34.7 Å². The van der Waals surface area contributed by atoms with E-state index in [9.17, 15) is 9.90 Å². The van der Waals surface area contributed by atoms with E-state index in [1.54, 1.807) is 25.2 Å². The molecule has 0 radical (unpaired) electrons. The fraction of sp³-hybridized carbons (Fsp3) is 0.250. The second-order valence-electron chi connectivity index (χ2n) is 6.52. The molecule has 3 aromatic rings. The van der Waals surface area contributed by atoms with E-state index in [0.717, 1.165) is 0 Å². The number of aromatic hydroxyl groups is 1. The van der Waals surface area contributed by atoms with Gasteiger partial charge in [-0.25, -0.2) is 9.97 Å². The fourth-order valence-corrected chi connectivity index (χ4v) is 3.04. The summed E-state index contributed by atoms with van der Waals surface area (Å²) < 4.78 is 6.05. The summed E-state index contributed by atoms with van der Waals surface area (Å²) in [6.45, 7) is 1.59. The Bertz CT molecular complexity index is 1030. The number of aromatic nitrogens is 2. The molecule has 1 aromatic heterocycles. The number of phenols is 1. The number of amides is 1. The summed E-state index contributed by atoms with van der Waals surface area (Å²) in [4.78, 5) is 21.6. The highest BCUT2D eigenvalue weighted by molar-refractivity contribution is 6.32. The number of rotatable bonds is 7. The van der Waals surface area contributed by atoms with Gasteiger partial charge in [-0.15, -0.1) is 0 Å². The predicted octanol–water partition coefficient (Wildman–Crippen LogP) is 2.95. The second kappa shape index (κ2) is 8.93. The number of benzene rings is 2. The summed E-state index contributed by atoms with van der Waals surface area (Å²) in [5.41, 5.74) is 1.32. The smallest absolute Gasteiger partial charge is 0.248 e. The van der Waals surface area contributed by atoms with E-state index in [2.05, 4.69) is 15.3 Å². The van der Waals surface area contributed by atoms with E-state index < -0.39 is 6.61 Å². The Kier molecular flexibility index (Phi) is 6.36. The second-order valence-corrected chi connectivity index (χ2v) is 6.93. The minimum absolute atomic E-state index is 0.0100. The zero-order valence-electron chi connectivity index (χ0n) is 16.0. The number of carbonyl (C=O) groups is 1. The third-order valence-corrected chi connectivity index (χ3v) is 4.56. The summed E-state index contributed by atoms with van der Waals surface area (Å²) in [6, 6.07) is 10.2. The number of carbonyl (C=O) groups excluding carboxylic acids is 1. The van der Waals surface area contributed by atoms with Crippen molar-refractivity contribution in [2.45, 2.75) is 13.0 Å². The maximum atomic E-state index is 11.6. The van der Waals surface area contributed by atoms with Crippen molar-refractivity contribution < 1.29 is 19.7 Å². The van der Waals surface area contributed by atoms with Crippen LogP contribution in [0.5, 0.6) is 11.5 Å². The molecule has 9 heteroatoms. The molecule has 0 spiro atoms. The van der Waals surface area contributed by atoms with Crippen molar-refractivity contribution in [2.75, 3.05) is 25.5 Å². The van der Waals surface area contributed by atoms with Gasteiger partial charge in [0, 0.05) is 12.7 Å². The van der Waals surface area contributed by atoms with Gasteiger partial charge in [0.05, 0.1) is 22.5 Å². The molecule has 0 fully saturated rings. The van der Waals surface area contributed by atoms with E-state index in [1.165, 1.54) is 17.3 Å². The van der Waals surface area contributed by atoms with E-state index >= 15 is 0 Å². The lowest BCUT2D eigenvalue weighted by atomic mass is 10.2. The molecule has 0 aliphatic carbocycles. The Balaban J connectivity index is 1.90. The largest absolute Gasteiger partial charge is 0.506 e. The van der Waals surface area contributed by atoms with Crippen LogP contribution in [0.2, 0.25) is 5.02 Å². The molecule has 0 aliphatic rings. The Hall–Kier alpha value is -3.10. The monoisotopic (exact) mass is 416 g/mol. The molecule has 2 aromatic carbocycles. The topological polar surface area (TPSA) is 108 Å². The van der Waals surface area contributed by atoms with Gasteiger partial charge in [0.1, 0.15) is 36.4 Å². The zero-order chi connectivity index (χ0) is 21.0. The fourth-order valence-electron chi connectivity index (χ4n) is 2.86. The lowest BCUT2D eigenvalue weighted by Crippen LogP contribution is -2.37. The van der Waals surface area contributed by atoms with Gasteiger partial charge in [-0.2, -0.15) is 0 Å². The molecular weight excluding hydrogens is 396 g/mol. The Morgan fingerprint density at radius 2 is 2.10 bits per heavy atom. The van der Waals surface area contributed by atoms with E-state index in [4.69, 9.17) is 21.4 Å². The van der Waals surface area contributed by atoms with Gasteiger partial charge in [-0.3, -0.25) is 4.79 Å². The normalized spacial score (nSPS) is 11.9. The van der Waals surface area contributed by atoms with Gasteiger partial charge in [-0.1, -0.05) is 17.7 Å². The summed E-state index contributed by atoms with van der Waals surface area (Å²) in [5, 5.41) is 22.6. The average molecular weight is 417 g/mol. The molecule has 1 amide bonds. The lowest BCUT2D eigenvalue weighted by Gasteiger charge is -2.23. The van der Waals surface area contributed by atoms with Crippen LogP contribution in [0.15, 0.2) is 42.7 Å². The third kappa shape index (κ3) is 4.85. The number of phenolic OH excluding ortho intramolecular Hbond substituents is 1. The van der Waals surface area contributed by atoms with Gasteiger partial charge >= 0.3 is 0 Å². The van der Waals surface area contributed by atoms with Crippen molar-refractivity contribution in [2.24, 2.45) is 0 Å². The minimum Gasteiger partial charge on any atom is -0.506 e. The van der Waals surface area contributed by atoms with Crippen LogP contribution >= 0.6 is 11.6 Å². The first-order chi connectivity index (χ1) is 13.9. The molecule has 0 unspecified atom stereocenters. The molecule has 152 valence electrons. The number of halogens is 1. The molecule has 1 heterocycles. The summed E-state index contributed by atoms with van der Waals surface area (Å²) >= 11 is 5.99.